The van der Waals surface area contributed by atoms with Crippen molar-refractivity contribution in [3.63, 3.8) is 0 Å². The Labute approximate surface area is 106 Å². The third-order valence-corrected chi connectivity index (χ3v) is 4.26. The molecule has 0 saturated heterocycles. The maximum atomic E-state index is 8.87. The first-order chi connectivity index (χ1) is 8.38. The zero-order valence-electron chi connectivity index (χ0n) is 9.05. The number of hydrogen-bond donors (Lipinski definition) is 0. The molecule has 0 aliphatic rings. The number of nitrogens with zero attached hydrogens (tertiary/aromatic N) is 1. The molecule has 2 heteroatoms. The first-order valence-electron chi connectivity index (χ1n) is 5.36. The van der Waals surface area contributed by atoms with Crippen molar-refractivity contribution < 1.29 is 0 Å². The van der Waals surface area contributed by atoms with Gasteiger partial charge in [-0.15, -0.1) is 0 Å². The van der Waals surface area contributed by atoms with Gasteiger partial charge < -0.3 is 0 Å². The molecule has 0 aliphatic carbocycles. The second-order valence-electron chi connectivity index (χ2n) is 3.87. The molecule has 0 aliphatic heterocycles. The van der Waals surface area contributed by atoms with E-state index in [1.54, 1.807) is 0 Å². The summed E-state index contributed by atoms with van der Waals surface area (Å²) in [6.07, 6.45) is 0. The van der Waals surface area contributed by atoms with Crippen molar-refractivity contribution in [3.8, 4) is 4.97 Å². The van der Waals surface area contributed by atoms with Crippen molar-refractivity contribution in [1.29, 1.82) is 5.26 Å². The van der Waals surface area contributed by atoms with Crippen molar-refractivity contribution in [2.45, 2.75) is 0 Å². The molecule has 0 saturated carbocycles. The average molecular weight is 282 g/mol. The van der Waals surface area contributed by atoms with Gasteiger partial charge in [0.25, 0.3) is 0 Å². The summed E-state index contributed by atoms with van der Waals surface area (Å²) in [6, 6.07) is 18.9. The van der Waals surface area contributed by atoms with Crippen LogP contribution in [0.25, 0.3) is 21.5 Å². The van der Waals surface area contributed by atoms with Crippen LogP contribution in [-0.2, 0) is 0 Å². The molecule has 3 aromatic carbocycles. The van der Waals surface area contributed by atoms with Crippen LogP contribution in [0.4, 0.5) is 0 Å². The summed E-state index contributed by atoms with van der Waals surface area (Å²) in [5.74, 6) is 0. The molecule has 0 spiro atoms. The van der Waals surface area contributed by atoms with Crippen molar-refractivity contribution >= 4 is 41.0 Å². The van der Waals surface area contributed by atoms with Gasteiger partial charge in [-0.05, 0) is 0 Å². The predicted molar refractivity (Wildman–Crippen MR) is 72.5 cm³/mol. The van der Waals surface area contributed by atoms with E-state index >= 15 is 0 Å². The first kappa shape index (κ1) is 10.4. The minimum atomic E-state index is -0.0953. The van der Waals surface area contributed by atoms with Crippen LogP contribution in [0.3, 0.4) is 0 Å². The monoisotopic (exact) mass is 283 g/mol. The van der Waals surface area contributed by atoms with Crippen LogP contribution in [0, 0.1) is 10.2 Å². The third kappa shape index (κ3) is 1.80. The van der Waals surface area contributed by atoms with E-state index in [0.717, 1.165) is 0 Å². The van der Waals surface area contributed by atoms with Crippen LogP contribution >= 0.6 is 0 Å². The quantitative estimate of drug-likeness (QED) is 0.497. The molecular formula is C15H9NSe. The first-order valence-corrected chi connectivity index (χ1v) is 7.07. The predicted octanol–water partition coefficient (Wildman–Crippen LogP) is 2.80. The van der Waals surface area contributed by atoms with Crippen molar-refractivity contribution in [2.75, 3.05) is 0 Å². The van der Waals surface area contributed by atoms with E-state index in [2.05, 4.69) is 47.4 Å². The molecular weight excluding hydrogens is 273 g/mol. The molecule has 0 heterocycles. The number of benzene rings is 3. The molecule has 0 fully saturated rings. The number of fused-ring (bicyclic) bond motifs is 2. The molecule has 0 amide bonds. The Balaban J connectivity index is 2.40. The number of hydrogen-bond acceptors (Lipinski definition) is 1. The van der Waals surface area contributed by atoms with E-state index in [1.165, 1.54) is 26.0 Å². The van der Waals surface area contributed by atoms with E-state index in [4.69, 9.17) is 5.26 Å². The van der Waals surface area contributed by atoms with Crippen molar-refractivity contribution in [2.24, 2.45) is 0 Å². The molecule has 1 nitrogen and oxygen atoms in total. The SMILES string of the molecule is N#C[Se]c1cccc2cc3ccccc3cc12. The standard InChI is InChI=1S/C15H9NSe/c16-10-17-15-7-3-6-13-8-11-4-1-2-5-12(11)9-14(13)15/h1-9H. The molecule has 0 atom stereocenters. The Morgan fingerprint density at radius 3 is 2.29 bits per heavy atom. The fourth-order valence-electron chi connectivity index (χ4n) is 2.08. The molecule has 0 radical (unpaired) electrons. The summed E-state index contributed by atoms with van der Waals surface area (Å²) >= 11 is -0.0953. The second-order valence-corrected chi connectivity index (χ2v) is 5.60. The topological polar surface area (TPSA) is 23.8 Å². The molecule has 0 unspecified atom stereocenters. The van der Waals surface area contributed by atoms with Gasteiger partial charge in [0.15, 0.2) is 0 Å². The fourth-order valence-corrected chi connectivity index (χ4v) is 3.19. The van der Waals surface area contributed by atoms with Crippen LogP contribution in [0.5, 0.6) is 0 Å². The maximum absolute atomic E-state index is 8.87. The zero-order chi connectivity index (χ0) is 11.7. The van der Waals surface area contributed by atoms with E-state index in [-0.39, 0.29) is 15.0 Å². The summed E-state index contributed by atoms with van der Waals surface area (Å²) in [6.45, 7) is 0. The zero-order valence-corrected chi connectivity index (χ0v) is 10.8. The summed E-state index contributed by atoms with van der Waals surface area (Å²) in [7, 11) is 0. The molecule has 0 N–H and O–H groups in total. The summed E-state index contributed by atoms with van der Waals surface area (Å²) < 4.78 is 1.17. The van der Waals surface area contributed by atoms with Gasteiger partial charge in [-0.3, -0.25) is 0 Å². The molecule has 3 aromatic rings. The third-order valence-electron chi connectivity index (χ3n) is 2.86. The van der Waals surface area contributed by atoms with Gasteiger partial charge in [0.1, 0.15) is 0 Å². The Hall–Kier alpha value is -1.81. The van der Waals surface area contributed by atoms with Crippen molar-refractivity contribution in [1.82, 2.24) is 0 Å². The summed E-state index contributed by atoms with van der Waals surface area (Å²) in [4.78, 5) is 2.29. The van der Waals surface area contributed by atoms with Gasteiger partial charge in [-0.2, -0.15) is 0 Å². The van der Waals surface area contributed by atoms with Crippen LogP contribution in [0.1, 0.15) is 0 Å². The normalized spacial score (nSPS) is 10.5. The summed E-state index contributed by atoms with van der Waals surface area (Å²) in [5, 5.41) is 13.8. The van der Waals surface area contributed by atoms with Gasteiger partial charge in [-0.1, -0.05) is 0 Å². The molecule has 3 rings (SSSR count). The Morgan fingerprint density at radius 2 is 1.53 bits per heavy atom. The average Bonchev–Trinajstić information content (AvgIpc) is 2.37. The Bertz CT molecular complexity index is 741. The van der Waals surface area contributed by atoms with Crippen LogP contribution in [0.15, 0.2) is 54.6 Å². The van der Waals surface area contributed by atoms with Gasteiger partial charge in [0, 0.05) is 0 Å². The van der Waals surface area contributed by atoms with E-state index in [1.807, 2.05) is 12.1 Å². The Morgan fingerprint density at radius 1 is 0.824 bits per heavy atom. The van der Waals surface area contributed by atoms with Crippen LogP contribution in [-0.4, -0.2) is 15.0 Å². The van der Waals surface area contributed by atoms with E-state index in [0.29, 0.717) is 0 Å². The van der Waals surface area contributed by atoms with Crippen molar-refractivity contribution in [3.05, 3.63) is 54.6 Å². The van der Waals surface area contributed by atoms with Crippen LogP contribution < -0.4 is 4.46 Å². The van der Waals surface area contributed by atoms with Gasteiger partial charge in [0.2, 0.25) is 0 Å². The number of nitriles is 1. The fraction of sp³-hybridized carbons (Fsp3) is 0. The van der Waals surface area contributed by atoms with Gasteiger partial charge >= 0.3 is 106 Å². The molecule has 0 aromatic heterocycles. The molecule has 17 heavy (non-hydrogen) atoms. The van der Waals surface area contributed by atoms with Gasteiger partial charge in [0.05, 0.1) is 0 Å². The molecule has 0 bridgehead atoms. The van der Waals surface area contributed by atoms with E-state index < -0.39 is 0 Å². The Kier molecular flexibility index (Phi) is 2.57. The minimum absolute atomic E-state index is 0.0953. The van der Waals surface area contributed by atoms with Crippen LogP contribution in [0.2, 0.25) is 0 Å². The van der Waals surface area contributed by atoms with E-state index in [9.17, 15) is 0 Å². The number of rotatable bonds is 1. The second kappa shape index (κ2) is 4.22. The molecule has 80 valence electrons. The summed E-state index contributed by atoms with van der Waals surface area (Å²) in [5.41, 5.74) is 0. The van der Waals surface area contributed by atoms with Gasteiger partial charge in [-0.25, -0.2) is 0 Å².